The summed E-state index contributed by atoms with van der Waals surface area (Å²) in [5, 5.41) is 4.98. The molecule has 1 atom stereocenters. The normalized spacial score (nSPS) is 23.2. The van der Waals surface area contributed by atoms with Crippen molar-refractivity contribution in [3.05, 3.63) is 59.7 Å². The van der Waals surface area contributed by atoms with Gasteiger partial charge in [-0.2, -0.15) is 0 Å². The number of hydrogen-bond donors (Lipinski definition) is 1. The van der Waals surface area contributed by atoms with E-state index in [0.717, 1.165) is 47.6 Å². The maximum atomic E-state index is 12.9. The summed E-state index contributed by atoms with van der Waals surface area (Å²) in [6, 6.07) is 16.2. The van der Waals surface area contributed by atoms with E-state index < -0.39 is 9.84 Å². The van der Waals surface area contributed by atoms with Crippen LogP contribution in [0.3, 0.4) is 0 Å². The number of nitrogens with zero attached hydrogens (tertiary/aromatic N) is 2. The average Bonchev–Trinajstić information content (AvgIpc) is 3.15. The first-order valence-corrected chi connectivity index (χ1v) is 13.4. The van der Waals surface area contributed by atoms with Crippen LogP contribution in [0.25, 0.3) is 10.9 Å². The molecule has 2 fully saturated rings. The maximum absolute atomic E-state index is 12.9. The summed E-state index contributed by atoms with van der Waals surface area (Å²) in [4.78, 5) is 7.52. The number of aryl methyl sites for hydroxylation is 1. The summed E-state index contributed by atoms with van der Waals surface area (Å²) in [6.07, 6.45) is 3.57. The Labute approximate surface area is 194 Å². The molecule has 0 radical (unpaired) electrons. The Bertz CT molecular complexity index is 1330. The zero-order valence-corrected chi connectivity index (χ0v) is 19.7. The predicted molar refractivity (Wildman–Crippen MR) is 131 cm³/mol. The van der Waals surface area contributed by atoms with Crippen LogP contribution in [0.2, 0.25) is 0 Å². The fraction of sp³-hybridized carbons (Fsp3) is 0.423. The van der Waals surface area contributed by atoms with Gasteiger partial charge in [0.1, 0.15) is 5.82 Å². The first-order chi connectivity index (χ1) is 15.9. The molecule has 7 heteroatoms. The van der Waals surface area contributed by atoms with Crippen LogP contribution < -0.4 is 10.2 Å². The number of rotatable bonds is 3. The average molecular weight is 464 g/mol. The van der Waals surface area contributed by atoms with Gasteiger partial charge in [-0.3, -0.25) is 0 Å². The number of aromatic nitrogens is 1. The summed E-state index contributed by atoms with van der Waals surface area (Å²) in [5.74, 6) is 0.904. The van der Waals surface area contributed by atoms with Gasteiger partial charge in [-0.15, -0.1) is 0 Å². The topological polar surface area (TPSA) is 71.5 Å². The lowest BCUT2D eigenvalue weighted by Gasteiger charge is -2.43. The summed E-state index contributed by atoms with van der Waals surface area (Å²) in [5.41, 5.74) is 4.28. The molecule has 1 spiro atoms. The number of ether oxygens (including phenoxy) is 1. The Morgan fingerprint density at radius 1 is 1.15 bits per heavy atom. The quantitative estimate of drug-likeness (QED) is 0.624. The summed E-state index contributed by atoms with van der Waals surface area (Å²) >= 11 is 0. The maximum Gasteiger partial charge on any atom is 0.180 e. The van der Waals surface area contributed by atoms with Crippen LogP contribution in [0.1, 0.15) is 30.4 Å². The minimum Gasteiger partial charge on any atom is -0.381 e. The first-order valence-electron chi connectivity index (χ1n) is 11.7. The van der Waals surface area contributed by atoms with E-state index >= 15 is 0 Å². The number of benzene rings is 2. The molecular weight excluding hydrogens is 434 g/mol. The number of sulfone groups is 1. The highest BCUT2D eigenvalue weighted by Gasteiger charge is 2.48. The van der Waals surface area contributed by atoms with Crippen molar-refractivity contribution < 1.29 is 13.2 Å². The Hall–Kier alpha value is -2.64. The second-order valence-corrected chi connectivity index (χ2v) is 11.9. The van der Waals surface area contributed by atoms with Crippen LogP contribution in [-0.2, 0) is 21.1 Å². The van der Waals surface area contributed by atoms with Crippen molar-refractivity contribution in [2.24, 2.45) is 5.41 Å². The van der Waals surface area contributed by atoms with Gasteiger partial charge in [-0.1, -0.05) is 36.2 Å². The Morgan fingerprint density at radius 3 is 2.82 bits per heavy atom. The van der Waals surface area contributed by atoms with Crippen LogP contribution in [0, 0.1) is 12.3 Å². The van der Waals surface area contributed by atoms with E-state index in [0.29, 0.717) is 24.0 Å². The molecule has 1 aliphatic carbocycles. The lowest BCUT2D eigenvalue weighted by atomic mass is 9.80. The monoisotopic (exact) mass is 463 g/mol. The smallest absolute Gasteiger partial charge is 0.180 e. The fourth-order valence-electron chi connectivity index (χ4n) is 5.63. The number of nitrogens with one attached hydrogen (secondary N) is 1. The van der Waals surface area contributed by atoms with Gasteiger partial charge in [0.15, 0.2) is 9.84 Å². The van der Waals surface area contributed by atoms with Gasteiger partial charge in [0.25, 0.3) is 0 Å². The molecule has 1 aromatic heterocycles. The second kappa shape index (κ2) is 7.71. The molecule has 2 aromatic carbocycles. The van der Waals surface area contributed by atoms with Crippen molar-refractivity contribution in [3.63, 3.8) is 0 Å². The minimum atomic E-state index is -3.31. The minimum absolute atomic E-state index is 0.0868. The Balaban J connectivity index is 1.42. The van der Waals surface area contributed by atoms with E-state index in [-0.39, 0.29) is 11.2 Å². The van der Waals surface area contributed by atoms with Crippen LogP contribution in [0.15, 0.2) is 53.4 Å². The molecule has 3 aromatic rings. The van der Waals surface area contributed by atoms with Gasteiger partial charge in [0.05, 0.1) is 29.4 Å². The van der Waals surface area contributed by atoms with Gasteiger partial charge in [0.2, 0.25) is 0 Å². The standard InChI is InChI=1S/C26H29N3O3S/c1-18-8-9-21-20(13-18)22(27-24-7-4-10-26(24)16-32-17-26)14-25(28-21)29-11-12-33(30,31)23-6-3-2-5-19(23)15-29/h2-3,5-6,8-9,13-14,24H,4,7,10-12,15-17H2,1H3,(H,27,28). The van der Waals surface area contributed by atoms with Crippen LogP contribution >= 0.6 is 0 Å². The van der Waals surface area contributed by atoms with Crippen molar-refractivity contribution in [1.29, 1.82) is 0 Å². The molecule has 33 heavy (non-hydrogen) atoms. The number of fused-ring (bicyclic) bond motifs is 2. The SMILES string of the molecule is Cc1ccc2nc(N3CCS(=O)(=O)c4ccccc4C3)cc(NC3CCCC34COC4)c2c1. The van der Waals surface area contributed by atoms with E-state index in [2.05, 4.69) is 41.4 Å². The molecule has 1 unspecified atom stereocenters. The number of hydrogen-bond acceptors (Lipinski definition) is 6. The second-order valence-electron chi connectivity index (χ2n) is 9.84. The van der Waals surface area contributed by atoms with E-state index in [9.17, 15) is 8.42 Å². The molecule has 3 aliphatic rings. The lowest BCUT2D eigenvalue weighted by molar-refractivity contribution is -0.113. The number of anilines is 2. The van der Waals surface area contributed by atoms with Crippen molar-refractivity contribution in [3.8, 4) is 0 Å². The van der Waals surface area contributed by atoms with Gasteiger partial charge >= 0.3 is 0 Å². The van der Waals surface area contributed by atoms with E-state index in [1.807, 2.05) is 12.1 Å². The van der Waals surface area contributed by atoms with Gasteiger partial charge in [-0.05, 0) is 43.5 Å². The largest absolute Gasteiger partial charge is 0.381 e. The molecular formula is C26H29N3O3S. The molecule has 6 nitrogen and oxygen atoms in total. The molecule has 2 aliphatic heterocycles. The summed E-state index contributed by atoms with van der Waals surface area (Å²) in [7, 11) is -3.31. The summed E-state index contributed by atoms with van der Waals surface area (Å²) in [6.45, 7) is 4.72. The molecule has 172 valence electrons. The van der Waals surface area contributed by atoms with Crippen LogP contribution in [0.4, 0.5) is 11.5 Å². The van der Waals surface area contributed by atoms with Crippen molar-refractivity contribution in [2.75, 3.05) is 35.7 Å². The van der Waals surface area contributed by atoms with Crippen molar-refractivity contribution in [2.45, 2.75) is 43.7 Å². The van der Waals surface area contributed by atoms with E-state index in [4.69, 9.17) is 9.72 Å². The molecule has 3 heterocycles. The number of pyridine rings is 1. The van der Waals surface area contributed by atoms with E-state index in [1.54, 1.807) is 12.1 Å². The van der Waals surface area contributed by atoms with Crippen LogP contribution in [-0.4, -0.2) is 45.0 Å². The summed E-state index contributed by atoms with van der Waals surface area (Å²) < 4.78 is 31.3. The highest BCUT2D eigenvalue weighted by atomic mass is 32.2. The lowest BCUT2D eigenvalue weighted by Crippen LogP contribution is -2.51. The predicted octanol–water partition coefficient (Wildman–Crippen LogP) is 4.32. The highest BCUT2D eigenvalue weighted by Crippen LogP contribution is 2.46. The zero-order valence-electron chi connectivity index (χ0n) is 18.9. The third kappa shape index (κ3) is 3.58. The van der Waals surface area contributed by atoms with E-state index in [1.165, 1.54) is 18.4 Å². The molecule has 1 N–H and O–H groups in total. The zero-order chi connectivity index (χ0) is 22.6. The van der Waals surface area contributed by atoms with Gasteiger partial charge in [-0.25, -0.2) is 13.4 Å². The van der Waals surface area contributed by atoms with Gasteiger partial charge in [0, 0.05) is 41.7 Å². The fourth-order valence-corrected chi connectivity index (χ4v) is 7.13. The Kier molecular flexibility index (Phi) is 4.89. The molecule has 1 saturated heterocycles. The molecule has 0 amide bonds. The third-order valence-electron chi connectivity index (χ3n) is 7.59. The molecule has 1 saturated carbocycles. The van der Waals surface area contributed by atoms with Crippen LogP contribution in [0.5, 0.6) is 0 Å². The third-order valence-corrected chi connectivity index (χ3v) is 9.38. The first kappa shape index (κ1) is 20.9. The highest BCUT2D eigenvalue weighted by molar-refractivity contribution is 7.91. The van der Waals surface area contributed by atoms with Gasteiger partial charge < -0.3 is 15.0 Å². The Morgan fingerprint density at radius 2 is 2.00 bits per heavy atom. The molecule has 0 bridgehead atoms. The molecule has 6 rings (SSSR count). The van der Waals surface area contributed by atoms with Crippen molar-refractivity contribution >= 4 is 32.2 Å². The van der Waals surface area contributed by atoms with Crippen molar-refractivity contribution in [1.82, 2.24) is 4.98 Å².